The average molecular weight is 216 g/mol. The summed E-state index contributed by atoms with van der Waals surface area (Å²) >= 11 is 0. The number of carboxylic acid groups (broad SMARTS) is 1. The average Bonchev–Trinajstić information content (AvgIpc) is 1.80. The van der Waals surface area contributed by atoms with E-state index in [0.29, 0.717) is 6.42 Å². The third-order valence-electron chi connectivity index (χ3n) is 1.06. The number of carbonyl (C=O) groups excluding carboxylic acids is 1. The number of hydrogen-bond acceptors (Lipinski definition) is 3. The van der Waals surface area contributed by atoms with Crippen LogP contribution in [0.4, 0.5) is 0 Å². The van der Waals surface area contributed by atoms with Crippen molar-refractivity contribution in [2.45, 2.75) is 19.3 Å². The Bertz CT molecular complexity index is 87.8. The molecule has 1 N–H and O–H groups in total. The molecule has 0 aromatic rings. The van der Waals surface area contributed by atoms with E-state index in [0.717, 1.165) is 13.0 Å². The van der Waals surface area contributed by atoms with E-state index in [1.165, 1.54) is 0 Å². The minimum Gasteiger partial charge on any atom is -0.550 e. The van der Waals surface area contributed by atoms with Gasteiger partial charge in [0.1, 0.15) is 0 Å². The zero-order chi connectivity index (χ0) is 7.11. The first kappa shape index (κ1) is 13.8. The summed E-state index contributed by atoms with van der Waals surface area (Å²) in [4.78, 5) is 9.83. The minimum absolute atomic E-state index is 0. The van der Waals surface area contributed by atoms with Gasteiger partial charge in [0.25, 0.3) is 0 Å². The van der Waals surface area contributed by atoms with E-state index >= 15 is 0 Å². The predicted molar refractivity (Wildman–Crippen MR) is 32.8 cm³/mol. The fraction of sp³-hybridized carbons (Fsp3) is 0.833. The molecule has 0 aliphatic carbocycles. The molecule has 0 bridgehead atoms. The van der Waals surface area contributed by atoms with Crippen LogP contribution in [0, 0.1) is 0 Å². The van der Waals surface area contributed by atoms with Gasteiger partial charge < -0.3 is 15.2 Å². The molecular formula is C6H12NO2Rb. The van der Waals surface area contributed by atoms with Gasteiger partial charge in [0, 0.05) is 5.97 Å². The molecule has 0 aliphatic rings. The largest absolute Gasteiger partial charge is 1.00 e. The third-order valence-corrected chi connectivity index (χ3v) is 1.06. The van der Waals surface area contributed by atoms with Crippen molar-refractivity contribution >= 4 is 5.97 Å². The molecule has 10 heavy (non-hydrogen) atoms. The van der Waals surface area contributed by atoms with Gasteiger partial charge in [-0.15, -0.1) is 0 Å². The van der Waals surface area contributed by atoms with Gasteiger partial charge in [0.15, 0.2) is 0 Å². The van der Waals surface area contributed by atoms with Gasteiger partial charge >= 0.3 is 58.2 Å². The molecule has 0 radical (unpaired) electrons. The molecule has 0 saturated heterocycles. The Hall–Kier alpha value is 1.24. The number of carbonyl (C=O) groups is 1. The van der Waals surface area contributed by atoms with Crippen molar-refractivity contribution in [2.24, 2.45) is 0 Å². The van der Waals surface area contributed by atoms with Crippen LogP contribution < -0.4 is 68.6 Å². The van der Waals surface area contributed by atoms with Crippen LogP contribution in [0.15, 0.2) is 0 Å². The third kappa shape index (κ3) is 12.0. The summed E-state index contributed by atoms with van der Waals surface area (Å²) in [6.07, 6.45) is 1.80. The number of aliphatic carboxylic acids is 1. The predicted octanol–water partition coefficient (Wildman–Crippen LogP) is -3.87. The molecule has 0 heterocycles. The Morgan fingerprint density at radius 3 is 2.50 bits per heavy atom. The summed E-state index contributed by atoms with van der Waals surface area (Å²) in [7, 11) is 1.85. The van der Waals surface area contributed by atoms with Crippen LogP contribution in [0.25, 0.3) is 0 Å². The van der Waals surface area contributed by atoms with E-state index in [2.05, 4.69) is 5.32 Å². The molecule has 3 nitrogen and oxygen atoms in total. The summed E-state index contributed by atoms with van der Waals surface area (Å²) in [5.41, 5.74) is 0. The van der Waals surface area contributed by atoms with Crippen molar-refractivity contribution in [3.63, 3.8) is 0 Å². The van der Waals surface area contributed by atoms with E-state index in [4.69, 9.17) is 0 Å². The van der Waals surface area contributed by atoms with Gasteiger partial charge in [-0.05, 0) is 32.9 Å². The molecule has 4 heteroatoms. The van der Waals surface area contributed by atoms with Gasteiger partial charge in [-0.25, -0.2) is 0 Å². The number of carboxylic acids is 1. The number of nitrogens with one attached hydrogen (secondary N) is 1. The van der Waals surface area contributed by atoms with E-state index in [1.54, 1.807) is 0 Å². The van der Waals surface area contributed by atoms with Crippen LogP contribution in [-0.4, -0.2) is 19.6 Å². The molecule has 0 fully saturated rings. The van der Waals surface area contributed by atoms with Gasteiger partial charge in [-0.1, -0.05) is 0 Å². The summed E-state index contributed by atoms with van der Waals surface area (Å²) < 4.78 is 0. The zero-order valence-corrected chi connectivity index (χ0v) is 11.6. The smallest absolute Gasteiger partial charge is 0.550 e. The monoisotopic (exact) mass is 215 g/mol. The van der Waals surface area contributed by atoms with Crippen LogP contribution in [0.1, 0.15) is 19.3 Å². The van der Waals surface area contributed by atoms with Crippen LogP contribution in [0.2, 0.25) is 0 Å². The van der Waals surface area contributed by atoms with Gasteiger partial charge in [-0.3, -0.25) is 0 Å². The Balaban J connectivity index is 0. The maximum absolute atomic E-state index is 9.83. The van der Waals surface area contributed by atoms with Crippen molar-refractivity contribution in [2.75, 3.05) is 13.6 Å². The van der Waals surface area contributed by atoms with Crippen molar-refractivity contribution in [1.29, 1.82) is 0 Å². The summed E-state index contributed by atoms with van der Waals surface area (Å²) in [5.74, 6) is -0.953. The fourth-order valence-corrected chi connectivity index (χ4v) is 0.571. The van der Waals surface area contributed by atoms with Crippen molar-refractivity contribution in [1.82, 2.24) is 5.32 Å². The normalized spacial score (nSPS) is 8.50. The van der Waals surface area contributed by atoms with Crippen molar-refractivity contribution in [3.8, 4) is 0 Å². The molecule has 0 amide bonds. The van der Waals surface area contributed by atoms with E-state index < -0.39 is 5.97 Å². The molecule has 0 saturated carbocycles. The number of rotatable bonds is 5. The van der Waals surface area contributed by atoms with E-state index in [-0.39, 0.29) is 64.6 Å². The summed E-state index contributed by atoms with van der Waals surface area (Å²) in [6, 6.07) is 0. The molecule has 0 rings (SSSR count). The van der Waals surface area contributed by atoms with Gasteiger partial charge in [0.2, 0.25) is 0 Å². The van der Waals surface area contributed by atoms with Crippen LogP contribution >= 0.6 is 0 Å². The summed E-state index contributed by atoms with van der Waals surface area (Å²) in [6.45, 7) is 0.882. The first-order valence-electron chi connectivity index (χ1n) is 3.12. The van der Waals surface area contributed by atoms with Crippen molar-refractivity contribution < 1.29 is 68.1 Å². The second kappa shape index (κ2) is 10.2. The zero-order valence-electron chi connectivity index (χ0n) is 6.64. The van der Waals surface area contributed by atoms with Crippen LogP contribution in [0.3, 0.4) is 0 Å². The molecule has 54 valence electrons. The quantitative estimate of drug-likeness (QED) is 0.478. The number of hydrogen-bond donors (Lipinski definition) is 1. The standard InChI is InChI=1S/C6H13NO2.Rb/c1-7-5-3-2-4-6(8)9;/h7H,2-5H2,1H3,(H,8,9);/q;+1/p-1. The Labute approximate surface area is 110 Å². The SMILES string of the molecule is CNCCCCC(=O)[O-].[Rb+]. The van der Waals surface area contributed by atoms with E-state index in [1.807, 2.05) is 7.05 Å². The van der Waals surface area contributed by atoms with Crippen LogP contribution in [-0.2, 0) is 4.79 Å². The maximum Gasteiger partial charge on any atom is 1.00 e. The van der Waals surface area contributed by atoms with E-state index in [9.17, 15) is 9.90 Å². The first-order valence-corrected chi connectivity index (χ1v) is 3.12. The van der Waals surface area contributed by atoms with Crippen molar-refractivity contribution in [3.05, 3.63) is 0 Å². The molecular weight excluding hydrogens is 204 g/mol. The number of unbranched alkanes of at least 4 members (excludes halogenated alkanes) is 1. The molecule has 0 unspecified atom stereocenters. The second-order valence-electron chi connectivity index (χ2n) is 1.93. The summed E-state index contributed by atoms with van der Waals surface area (Å²) in [5, 5.41) is 12.8. The molecule has 0 spiro atoms. The Kier molecular flexibility index (Phi) is 14.1. The molecule has 0 atom stereocenters. The Morgan fingerprint density at radius 1 is 1.50 bits per heavy atom. The fourth-order valence-electron chi connectivity index (χ4n) is 0.571. The topological polar surface area (TPSA) is 52.2 Å². The molecule has 0 aromatic heterocycles. The Morgan fingerprint density at radius 2 is 2.10 bits per heavy atom. The van der Waals surface area contributed by atoms with Crippen LogP contribution in [0.5, 0.6) is 0 Å². The molecule has 0 aliphatic heterocycles. The maximum atomic E-state index is 9.83. The second-order valence-corrected chi connectivity index (χ2v) is 1.93. The molecule has 0 aromatic carbocycles. The van der Waals surface area contributed by atoms with Gasteiger partial charge in [0.05, 0.1) is 0 Å². The minimum atomic E-state index is -0.953. The first-order chi connectivity index (χ1) is 4.27. The van der Waals surface area contributed by atoms with Gasteiger partial charge in [-0.2, -0.15) is 0 Å².